The summed E-state index contributed by atoms with van der Waals surface area (Å²) in [6.45, 7) is 9.27. The van der Waals surface area contributed by atoms with Crippen LogP contribution in [0.1, 0.15) is 38.1 Å². The second kappa shape index (κ2) is 7.41. The topological polar surface area (TPSA) is 58.5 Å². The van der Waals surface area contributed by atoms with Crippen molar-refractivity contribution in [2.75, 3.05) is 19.7 Å². The molecular formula is C16H26N4O. The average Bonchev–Trinajstić information content (AvgIpc) is 2.89. The number of rotatable bonds is 5. The van der Waals surface area contributed by atoms with Crippen molar-refractivity contribution in [1.29, 1.82) is 0 Å². The maximum absolute atomic E-state index is 5.79. The Kier molecular flexibility index (Phi) is 5.56. The normalized spacial score (nSPS) is 22.3. The van der Waals surface area contributed by atoms with Gasteiger partial charge in [0, 0.05) is 25.4 Å². The maximum atomic E-state index is 5.79. The first-order valence-corrected chi connectivity index (χ1v) is 7.70. The third-order valence-corrected chi connectivity index (χ3v) is 3.62. The van der Waals surface area contributed by atoms with E-state index in [2.05, 4.69) is 34.5 Å². The van der Waals surface area contributed by atoms with Crippen LogP contribution in [0.2, 0.25) is 0 Å². The van der Waals surface area contributed by atoms with Gasteiger partial charge in [-0.15, -0.1) is 0 Å². The van der Waals surface area contributed by atoms with Gasteiger partial charge in [0.05, 0.1) is 17.8 Å². The summed E-state index contributed by atoms with van der Waals surface area (Å²) in [4.78, 5) is 9.06. The van der Waals surface area contributed by atoms with Crippen LogP contribution in [0.15, 0.2) is 23.2 Å². The number of aromatic nitrogens is 1. The highest BCUT2D eigenvalue weighted by Crippen LogP contribution is 2.23. The molecule has 2 N–H and O–H groups in total. The largest absolute Gasteiger partial charge is 0.373 e. The molecule has 1 unspecified atom stereocenters. The van der Waals surface area contributed by atoms with E-state index in [9.17, 15) is 0 Å². The van der Waals surface area contributed by atoms with E-state index in [1.165, 1.54) is 0 Å². The number of pyridine rings is 1. The van der Waals surface area contributed by atoms with Crippen molar-refractivity contribution in [2.45, 2.75) is 45.8 Å². The van der Waals surface area contributed by atoms with E-state index in [1.807, 2.05) is 25.1 Å². The number of nitrogens with zero attached hydrogens (tertiary/aromatic N) is 2. The summed E-state index contributed by atoms with van der Waals surface area (Å²) in [6, 6.07) is 6.01. The van der Waals surface area contributed by atoms with Crippen LogP contribution < -0.4 is 10.6 Å². The number of nitrogens with one attached hydrogen (secondary N) is 2. The summed E-state index contributed by atoms with van der Waals surface area (Å²) in [5.41, 5.74) is 1.93. The number of aliphatic imine (C=N–C) groups is 1. The fourth-order valence-electron chi connectivity index (χ4n) is 2.44. The molecule has 1 aromatic rings. The highest BCUT2D eigenvalue weighted by Gasteiger charge is 2.29. The summed E-state index contributed by atoms with van der Waals surface area (Å²) in [5.74, 6) is 0.817. The predicted molar refractivity (Wildman–Crippen MR) is 85.4 cm³/mol. The van der Waals surface area contributed by atoms with E-state index in [1.54, 1.807) is 0 Å². The Bertz CT molecular complexity index is 481. The van der Waals surface area contributed by atoms with Crippen LogP contribution in [0.5, 0.6) is 0 Å². The monoisotopic (exact) mass is 290 g/mol. The second-order valence-electron chi connectivity index (χ2n) is 5.72. The van der Waals surface area contributed by atoms with Crippen molar-refractivity contribution in [1.82, 2.24) is 15.6 Å². The van der Waals surface area contributed by atoms with Crippen LogP contribution in [0.25, 0.3) is 0 Å². The molecule has 2 heterocycles. The van der Waals surface area contributed by atoms with E-state index in [-0.39, 0.29) is 5.60 Å². The zero-order valence-electron chi connectivity index (χ0n) is 13.3. The van der Waals surface area contributed by atoms with Gasteiger partial charge in [0.25, 0.3) is 0 Å². The van der Waals surface area contributed by atoms with E-state index in [0.717, 1.165) is 49.9 Å². The minimum Gasteiger partial charge on any atom is -0.373 e. The number of hydrogen-bond donors (Lipinski definition) is 2. The van der Waals surface area contributed by atoms with Crippen LogP contribution in [0.3, 0.4) is 0 Å². The highest BCUT2D eigenvalue weighted by molar-refractivity contribution is 5.79. The first-order valence-electron chi connectivity index (χ1n) is 7.70. The van der Waals surface area contributed by atoms with Crippen LogP contribution in [-0.2, 0) is 11.3 Å². The fraction of sp³-hybridized carbons (Fsp3) is 0.625. The Balaban J connectivity index is 1.92. The molecule has 1 aliphatic heterocycles. The van der Waals surface area contributed by atoms with Gasteiger partial charge in [-0.25, -0.2) is 4.99 Å². The molecule has 21 heavy (non-hydrogen) atoms. The summed E-state index contributed by atoms with van der Waals surface area (Å²) in [6.07, 6.45) is 2.23. The Morgan fingerprint density at radius 1 is 1.43 bits per heavy atom. The molecule has 0 aromatic carbocycles. The first-order chi connectivity index (χ1) is 10.1. The number of aryl methyl sites for hydroxylation is 1. The quantitative estimate of drug-likeness (QED) is 0.643. The highest BCUT2D eigenvalue weighted by atomic mass is 16.5. The van der Waals surface area contributed by atoms with Crippen LogP contribution in [0, 0.1) is 6.92 Å². The molecule has 0 aliphatic carbocycles. The van der Waals surface area contributed by atoms with Gasteiger partial charge >= 0.3 is 0 Å². The molecule has 0 bridgehead atoms. The molecule has 0 saturated carbocycles. The summed E-state index contributed by atoms with van der Waals surface area (Å²) >= 11 is 0. The van der Waals surface area contributed by atoms with Crippen molar-refractivity contribution in [3.8, 4) is 0 Å². The van der Waals surface area contributed by atoms with Gasteiger partial charge in [0.15, 0.2) is 5.96 Å². The Hall–Kier alpha value is -1.62. The maximum Gasteiger partial charge on any atom is 0.191 e. The number of ether oxygens (including phenoxy) is 1. The molecule has 1 fully saturated rings. The molecule has 0 spiro atoms. The van der Waals surface area contributed by atoms with Gasteiger partial charge in [-0.1, -0.05) is 6.07 Å². The third kappa shape index (κ3) is 5.01. The van der Waals surface area contributed by atoms with Crippen molar-refractivity contribution >= 4 is 5.96 Å². The Morgan fingerprint density at radius 3 is 2.95 bits per heavy atom. The smallest absolute Gasteiger partial charge is 0.191 e. The lowest BCUT2D eigenvalue weighted by atomic mass is 10.0. The van der Waals surface area contributed by atoms with Crippen LogP contribution in [-0.4, -0.2) is 36.2 Å². The Labute approximate surface area is 127 Å². The van der Waals surface area contributed by atoms with Gasteiger partial charge < -0.3 is 15.4 Å². The molecule has 5 nitrogen and oxygen atoms in total. The van der Waals surface area contributed by atoms with E-state index in [0.29, 0.717) is 6.54 Å². The molecular weight excluding hydrogens is 264 g/mol. The van der Waals surface area contributed by atoms with Gasteiger partial charge in [-0.3, -0.25) is 4.98 Å². The SMILES string of the molecule is CCNC(=NCc1cccc(C)n1)NCC1(C)CCCO1. The zero-order valence-corrected chi connectivity index (χ0v) is 13.3. The second-order valence-corrected chi connectivity index (χ2v) is 5.72. The van der Waals surface area contributed by atoms with Crippen molar-refractivity contribution in [2.24, 2.45) is 4.99 Å². The standard InChI is InChI=1S/C16H26N4O/c1-4-17-15(19-12-16(3)9-6-10-21-16)18-11-14-8-5-7-13(2)20-14/h5,7-8H,4,6,9-12H2,1-3H3,(H2,17,18,19). The van der Waals surface area contributed by atoms with Crippen LogP contribution in [0.4, 0.5) is 0 Å². The Morgan fingerprint density at radius 2 is 2.29 bits per heavy atom. The van der Waals surface area contributed by atoms with Gasteiger partial charge in [-0.2, -0.15) is 0 Å². The lowest BCUT2D eigenvalue weighted by Gasteiger charge is -2.24. The molecule has 1 aromatic heterocycles. The van der Waals surface area contributed by atoms with Gasteiger partial charge in [-0.05, 0) is 45.7 Å². The first kappa shape index (κ1) is 15.8. The summed E-state index contributed by atoms with van der Waals surface area (Å²) in [5, 5.41) is 6.64. The predicted octanol–water partition coefficient (Wildman–Crippen LogP) is 2.01. The molecule has 116 valence electrons. The van der Waals surface area contributed by atoms with Gasteiger partial charge in [0.2, 0.25) is 0 Å². The zero-order chi connectivity index (χ0) is 15.1. The molecule has 0 amide bonds. The number of hydrogen-bond acceptors (Lipinski definition) is 3. The minimum atomic E-state index is -0.0717. The molecule has 5 heteroatoms. The molecule has 1 saturated heterocycles. The molecule has 2 rings (SSSR count). The third-order valence-electron chi connectivity index (χ3n) is 3.62. The average molecular weight is 290 g/mol. The molecule has 1 aliphatic rings. The summed E-state index contributed by atoms with van der Waals surface area (Å²) in [7, 11) is 0. The molecule has 1 atom stereocenters. The summed E-state index contributed by atoms with van der Waals surface area (Å²) < 4.78 is 5.79. The van der Waals surface area contributed by atoms with Gasteiger partial charge in [0.1, 0.15) is 0 Å². The van der Waals surface area contributed by atoms with E-state index < -0.39 is 0 Å². The van der Waals surface area contributed by atoms with Crippen molar-refractivity contribution < 1.29 is 4.74 Å². The van der Waals surface area contributed by atoms with E-state index in [4.69, 9.17) is 4.74 Å². The van der Waals surface area contributed by atoms with Crippen molar-refractivity contribution in [3.05, 3.63) is 29.6 Å². The van der Waals surface area contributed by atoms with Crippen molar-refractivity contribution in [3.63, 3.8) is 0 Å². The lowest BCUT2D eigenvalue weighted by molar-refractivity contribution is 0.0243. The minimum absolute atomic E-state index is 0.0717. The molecule has 0 radical (unpaired) electrons. The number of guanidine groups is 1. The lowest BCUT2D eigenvalue weighted by Crippen LogP contribution is -2.45. The van der Waals surface area contributed by atoms with Crippen LogP contribution >= 0.6 is 0 Å². The van der Waals surface area contributed by atoms with E-state index >= 15 is 0 Å². The fourth-order valence-corrected chi connectivity index (χ4v) is 2.44.